The summed E-state index contributed by atoms with van der Waals surface area (Å²) in [6.45, 7) is 2.26. The van der Waals surface area contributed by atoms with Crippen molar-refractivity contribution < 1.29 is 9.53 Å². The van der Waals surface area contributed by atoms with E-state index in [1.165, 1.54) is 6.21 Å². The van der Waals surface area contributed by atoms with Crippen LogP contribution in [0.15, 0.2) is 35.4 Å². The molecule has 0 atom stereocenters. The van der Waals surface area contributed by atoms with Gasteiger partial charge in [-0.2, -0.15) is 5.10 Å². The Hall–Kier alpha value is -2.34. The molecule has 2 N–H and O–H groups in total. The first kappa shape index (κ1) is 15.1. The first-order chi connectivity index (χ1) is 10.2. The molecule has 1 heterocycles. The number of amides is 1. The Morgan fingerprint density at radius 3 is 2.95 bits per heavy atom. The van der Waals surface area contributed by atoms with Crippen molar-refractivity contribution >= 4 is 23.9 Å². The van der Waals surface area contributed by atoms with Crippen molar-refractivity contribution in [1.82, 2.24) is 15.4 Å². The summed E-state index contributed by atoms with van der Waals surface area (Å²) in [7, 11) is 0. The minimum Gasteiger partial charge on any atom is -0.448 e. The fourth-order valence-electron chi connectivity index (χ4n) is 1.56. The van der Waals surface area contributed by atoms with Crippen molar-refractivity contribution in [2.75, 3.05) is 6.61 Å². The maximum absolute atomic E-state index is 11.2. The molecule has 1 aromatic heterocycles. The number of hydrogen-bond donors (Lipinski definition) is 2. The van der Waals surface area contributed by atoms with E-state index in [1.54, 1.807) is 0 Å². The van der Waals surface area contributed by atoms with Crippen LogP contribution in [0.3, 0.4) is 0 Å². The number of aromatic nitrogens is 2. The first-order valence-corrected chi connectivity index (χ1v) is 6.85. The zero-order valence-corrected chi connectivity index (χ0v) is 12.2. The van der Waals surface area contributed by atoms with Gasteiger partial charge in [-0.1, -0.05) is 48.9 Å². The zero-order chi connectivity index (χ0) is 15.1. The van der Waals surface area contributed by atoms with E-state index in [2.05, 4.69) is 20.5 Å². The largest absolute Gasteiger partial charge is 0.448 e. The third-order valence-corrected chi connectivity index (χ3v) is 2.80. The Morgan fingerprint density at radius 2 is 2.24 bits per heavy atom. The Labute approximate surface area is 127 Å². The minimum absolute atomic E-state index is 0.348. The van der Waals surface area contributed by atoms with Gasteiger partial charge in [-0.15, -0.1) is 0 Å². The Balaban J connectivity index is 2.01. The number of carbonyl (C=O) groups is 1. The molecular weight excluding hydrogens is 292 g/mol. The summed E-state index contributed by atoms with van der Waals surface area (Å²) in [6, 6.07) is 9.56. The smallest absolute Gasteiger partial charge is 0.427 e. The second-order valence-corrected chi connectivity index (χ2v) is 4.53. The fourth-order valence-corrected chi connectivity index (χ4v) is 1.74. The number of ether oxygens (including phenoxy) is 1. The number of aromatic amines is 1. The number of carbonyl (C=O) groups excluding carboxylic acids is 1. The lowest BCUT2D eigenvalue weighted by molar-refractivity contribution is 0.147. The predicted molar refractivity (Wildman–Crippen MR) is 81.4 cm³/mol. The van der Waals surface area contributed by atoms with Crippen LogP contribution in [0.2, 0.25) is 5.15 Å². The van der Waals surface area contributed by atoms with E-state index in [1.807, 2.05) is 37.3 Å². The highest BCUT2D eigenvalue weighted by molar-refractivity contribution is 6.31. The molecule has 1 aromatic carbocycles. The summed E-state index contributed by atoms with van der Waals surface area (Å²) in [4.78, 5) is 18.5. The van der Waals surface area contributed by atoms with Crippen LogP contribution in [0.4, 0.5) is 4.79 Å². The quantitative estimate of drug-likeness (QED) is 0.657. The number of imidazole rings is 1. The standard InChI is InChI=1S/C14H15ClN4O2/c1-2-8-21-14(20)19-16-9-11-12(15)18-13(17-11)10-6-4-3-5-7-10/h3-7,9H,2,8H2,1H3,(H,17,18)(H,19,20). The third kappa shape index (κ3) is 4.32. The summed E-state index contributed by atoms with van der Waals surface area (Å²) in [5.74, 6) is 0.635. The fraction of sp³-hybridized carbons (Fsp3) is 0.214. The van der Waals surface area contributed by atoms with Crippen molar-refractivity contribution in [2.45, 2.75) is 13.3 Å². The van der Waals surface area contributed by atoms with Crippen LogP contribution in [-0.4, -0.2) is 28.9 Å². The summed E-state index contributed by atoms with van der Waals surface area (Å²) in [5, 5.41) is 4.09. The first-order valence-electron chi connectivity index (χ1n) is 6.47. The molecule has 0 aliphatic rings. The maximum Gasteiger partial charge on any atom is 0.427 e. The molecule has 21 heavy (non-hydrogen) atoms. The van der Waals surface area contributed by atoms with Gasteiger partial charge in [0.2, 0.25) is 0 Å². The second-order valence-electron chi connectivity index (χ2n) is 4.16. The molecule has 6 nitrogen and oxygen atoms in total. The topological polar surface area (TPSA) is 79.4 Å². The lowest BCUT2D eigenvalue weighted by Crippen LogP contribution is -2.19. The van der Waals surface area contributed by atoms with E-state index in [9.17, 15) is 4.79 Å². The molecule has 0 aliphatic heterocycles. The van der Waals surface area contributed by atoms with Gasteiger partial charge in [-0.25, -0.2) is 15.2 Å². The average molecular weight is 307 g/mol. The third-order valence-electron chi connectivity index (χ3n) is 2.51. The summed E-state index contributed by atoms with van der Waals surface area (Å²) < 4.78 is 4.81. The molecule has 1 amide bonds. The van der Waals surface area contributed by atoms with Crippen LogP contribution >= 0.6 is 11.6 Å². The van der Waals surface area contributed by atoms with E-state index >= 15 is 0 Å². The number of nitrogens with zero attached hydrogens (tertiary/aromatic N) is 2. The second kappa shape index (κ2) is 7.44. The summed E-state index contributed by atoms with van der Waals surface area (Å²) >= 11 is 6.04. The van der Waals surface area contributed by atoms with Gasteiger partial charge in [0.1, 0.15) is 16.7 Å². The van der Waals surface area contributed by atoms with Gasteiger partial charge in [0.15, 0.2) is 0 Å². The molecule has 110 valence electrons. The molecule has 0 saturated carbocycles. The molecule has 2 rings (SSSR count). The lowest BCUT2D eigenvalue weighted by atomic mass is 10.2. The van der Waals surface area contributed by atoms with Gasteiger partial charge in [-0.3, -0.25) is 0 Å². The predicted octanol–water partition coefficient (Wildman–Crippen LogP) is 3.20. The van der Waals surface area contributed by atoms with Gasteiger partial charge in [0.25, 0.3) is 0 Å². The van der Waals surface area contributed by atoms with Gasteiger partial charge < -0.3 is 9.72 Å². The minimum atomic E-state index is -0.608. The number of rotatable bonds is 5. The average Bonchev–Trinajstić information content (AvgIpc) is 2.87. The Bertz CT molecular complexity index is 625. The van der Waals surface area contributed by atoms with Gasteiger partial charge in [0.05, 0.1) is 12.8 Å². The van der Waals surface area contributed by atoms with E-state index in [4.69, 9.17) is 16.3 Å². The number of nitrogens with one attached hydrogen (secondary N) is 2. The summed E-state index contributed by atoms with van der Waals surface area (Å²) in [5.41, 5.74) is 3.59. The van der Waals surface area contributed by atoms with Crippen molar-refractivity contribution in [3.63, 3.8) is 0 Å². The van der Waals surface area contributed by atoms with Crippen LogP contribution in [0, 0.1) is 0 Å². The SMILES string of the molecule is CCCOC(=O)NN=Cc1nc(-c2ccccc2)[nH]c1Cl. The highest BCUT2D eigenvalue weighted by atomic mass is 35.5. The van der Waals surface area contributed by atoms with E-state index in [-0.39, 0.29) is 0 Å². The number of halogens is 1. The van der Waals surface area contributed by atoms with Crippen molar-refractivity contribution in [3.8, 4) is 11.4 Å². The highest BCUT2D eigenvalue weighted by Gasteiger charge is 2.08. The monoisotopic (exact) mass is 306 g/mol. The van der Waals surface area contributed by atoms with E-state index in [0.29, 0.717) is 23.3 Å². The Kier molecular flexibility index (Phi) is 5.34. The molecular formula is C14H15ClN4O2. The molecule has 0 aliphatic carbocycles. The molecule has 0 spiro atoms. The molecule has 0 unspecified atom stereocenters. The molecule has 0 bridgehead atoms. The number of benzene rings is 1. The van der Waals surface area contributed by atoms with Crippen molar-refractivity contribution in [2.24, 2.45) is 5.10 Å². The molecule has 0 saturated heterocycles. The Morgan fingerprint density at radius 1 is 1.48 bits per heavy atom. The van der Waals surface area contributed by atoms with Gasteiger partial charge in [0, 0.05) is 5.56 Å². The van der Waals surface area contributed by atoms with Crippen molar-refractivity contribution in [1.29, 1.82) is 0 Å². The molecule has 2 aromatic rings. The zero-order valence-electron chi connectivity index (χ0n) is 11.5. The highest BCUT2D eigenvalue weighted by Crippen LogP contribution is 2.19. The summed E-state index contributed by atoms with van der Waals surface area (Å²) in [6.07, 6.45) is 1.50. The van der Waals surface area contributed by atoms with Gasteiger partial charge in [-0.05, 0) is 6.42 Å². The molecule has 0 radical (unpaired) electrons. The van der Waals surface area contributed by atoms with Crippen LogP contribution < -0.4 is 5.43 Å². The number of H-pyrrole nitrogens is 1. The van der Waals surface area contributed by atoms with Crippen LogP contribution in [-0.2, 0) is 4.74 Å². The maximum atomic E-state index is 11.2. The number of hydrogen-bond acceptors (Lipinski definition) is 4. The van der Waals surface area contributed by atoms with E-state index < -0.39 is 6.09 Å². The van der Waals surface area contributed by atoms with Crippen molar-refractivity contribution in [3.05, 3.63) is 41.2 Å². The van der Waals surface area contributed by atoms with Crippen LogP contribution in [0.5, 0.6) is 0 Å². The van der Waals surface area contributed by atoms with E-state index in [0.717, 1.165) is 12.0 Å². The molecule has 7 heteroatoms. The van der Waals surface area contributed by atoms with Crippen LogP contribution in [0.25, 0.3) is 11.4 Å². The normalized spacial score (nSPS) is 10.8. The van der Waals surface area contributed by atoms with Crippen LogP contribution in [0.1, 0.15) is 19.0 Å². The number of hydrazone groups is 1. The lowest BCUT2D eigenvalue weighted by Gasteiger charge is -1.99. The molecule has 0 fully saturated rings. The van der Waals surface area contributed by atoms with Gasteiger partial charge >= 0.3 is 6.09 Å².